The number of fused-ring (bicyclic) bond motifs is 1. The molecule has 1 saturated heterocycles. The second-order valence-corrected chi connectivity index (χ2v) is 7.74. The molecule has 6 nitrogen and oxygen atoms in total. The van der Waals surface area contributed by atoms with Crippen molar-refractivity contribution in [3.05, 3.63) is 59.2 Å². The van der Waals surface area contributed by atoms with Crippen LogP contribution < -0.4 is 15.0 Å². The van der Waals surface area contributed by atoms with Crippen LogP contribution in [0.25, 0.3) is 0 Å². The molecular weight excluding hydrogens is 368 g/mol. The Morgan fingerprint density at radius 2 is 2.03 bits per heavy atom. The van der Waals surface area contributed by atoms with E-state index >= 15 is 0 Å². The van der Waals surface area contributed by atoms with E-state index in [2.05, 4.69) is 11.4 Å². The Morgan fingerprint density at radius 3 is 2.79 bits per heavy atom. The number of anilines is 1. The van der Waals surface area contributed by atoms with Crippen molar-refractivity contribution in [2.24, 2.45) is 5.92 Å². The third-order valence-corrected chi connectivity index (χ3v) is 5.52. The molecule has 2 heterocycles. The van der Waals surface area contributed by atoms with Crippen LogP contribution in [0, 0.1) is 5.92 Å². The Labute approximate surface area is 169 Å². The molecule has 2 aromatic carbocycles. The minimum atomic E-state index is -0.326. The lowest BCUT2D eigenvalue weighted by Crippen LogP contribution is -2.31. The largest absolute Gasteiger partial charge is 0.493 e. The van der Waals surface area contributed by atoms with E-state index in [1.54, 1.807) is 31.2 Å². The smallest absolute Gasteiger partial charge is 0.251 e. The van der Waals surface area contributed by atoms with Gasteiger partial charge in [-0.15, -0.1) is 0 Å². The molecule has 1 N–H and O–H groups in total. The molecule has 0 bridgehead atoms. The molecule has 0 unspecified atom stereocenters. The van der Waals surface area contributed by atoms with Gasteiger partial charge in [0.1, 0.15) is 5.75 Å². The van der Waals surface area contributed by atoms with Crippen molar-refractivity contribution in [2.45, 2.75) is 39.2 Å². The number of carbonyl (C=O) groups excluding carboxylic acids is 3. The topological polar surface area (TPSA) is 75.7 Å². The molecule has 0 aromatic heterocycles. The van der Waals surface area contributed by atoms with Crippen LogP contribution in [0.3, 0.4) is 0 Å². The number of ether oxygens (including phenoxy) is 1. The molecule has 0 aliphatic carbocycles. The minimum absolute atomic E-state index is 0.187. The highest BCUT2D eigenvalue weighted by molar-refractivity contribution is 6.21. The highest BCUT2D eigenvalue weighted by Gasteiger charge is 2.36. The first kappa shape index (κ1) is 19.2. The maximum absolute atomic E-state index is 12.8. The van der Waals surface area contributed by atoms with E-state index in [1.165, 1.54) is 4.90 Å². The van der Waals surface area contributed by atoms with E-state index in [1.807, 2.05) is 19.1 Å². The molecule has 6 heteroatoms. The summed E-state index contributed by atoms with van der Waals surface area (Å²) in [6, 6.07) is 12.5. The predicted octanol–water partition coefficient (Wildman–Crippen LogP) is 3.40. The first-order valence-electron chi connectivity index (χ1n) is 9.97. The van der Waals surface area contributed by atoms with Gasteiger partial charge >= 0.3 is 0 Å². The van der Waals surface area contributed by atoms with Crippen LogP contribution in [0.1, 0.15) is 54.2 Å². The molecule has 29 heavy (non-hydrogen) atoms. The summed E-state index contributed by atoms with van der Waals surface area (Å²) in [5.41, 5.74) is 3.03. The lowest BCUT2D eigenvalue weighted by atomic mass is 10.00. The van der Waals surface area contributed by atoms with Gasteiger partial charge in [-0.25, -0.2) is 0 Å². The standard InChI is InChI=1S/C23H24N2O4/c1-14-11-21(26)25(23(14)28)19-7-3-5-18(13-19)22(27)24-15(2)16-8-9-20-17(12-16)6-4-10-29-20/h3,5,7-9,12-15H,4,6,10-11H2,1-2H3,(H,24,27)/t14-,15-/m0/s1. The van der Waals surface area contributed by atoms with Gasteiger partial charge in [-0.3, -0.25) is 19.3 Å². The van der Waals surface area contributed by atoms with Crippen molar-refractivity contribution in [1.82, 2.24) is 5.32 Å². The molecule has 4 rings (SSSR count). The fourth-order valence-electron chi connectivity index (χ4n) is 3.85. The number of aryl methyl sites for hydroxylation is 1. The van der Waals surface area contributed by atoms with Gasteiger partial charge in [-0.2, -0.15) is 0 Å². The van der Waals surface area contributed by atoms with Gasteiger partial charge < -0.3 is 10.1 Å². The first-order valence-corrected chi connectivity index (χ1v) is 9.97. The maximum Gasteiger partial charge on any atom is 0.251 e. The molecule has 2 aromatic rings. The lowest BCUT2D eigenvalue weighted by Gasteiger charge is -2.21. The number of hydrogen-bond acceptors (Lipinski definition) is 4. The molecule has 3 amide bonds. The third kappa shape index (κ3) is 3.75. The zero-order valence-corrected chi connectivity index (χ0v) is 16.6. The van der Waals surface area contributed by atoms with Crippen LogP contribution >= 0.6 is 0 Å². The van der Waals surface area contributed by atoms with Gasteiger partial charge in [0.15, 0.2) is 0 Å². The summed E-state index contributed by atoms with van der Waals surface area (Å²) in [6.07, 6.45) is 2.17. The number of hydrogen-bond donors (Lipinski definition) is 1. The molecule has 0 radical (unpaired) electrons. The van der Waals surface area contributed by atoms with E-state index in [0.29, 0.717) is 11.3 Å². The van der Waals surface area contributed by atoms with Crippen LogP contribution in [0.15, 0.2) is 42.5 Å². The predicted molar refractivity (Wildman–Crippen MR) is 109 cm³/mol. The van der Waals surface area contributed by atoms with Gasteiger partial charge in [-0.1, -0.05) is 25.1 Å². The van der Waals surface area contributed by atoms with Crippen molar-refractivity contribution in [2.75, 3.05) is 11.5 Å². The van der Waals surface area contributed by atoms with Crippen molar-refractivity contribution in [1.29, 1.82) is 0 Å². The number of rotatable bonds is 4. The van der Waals surface area contributed by atoms with Crippen molar-refractivity contribution in [3.63, 3.8) is 0 Å². The molecule has 2 atom stereocenters. The quantitative estimate of drug-likeness (QED) is 0.809. The first-order chi connectivity index (χ1) is 13.9. The zero-order valence-electron chi connectivity index (χ0n) is 16.6. The Bertz CT molecular complexity index is 985. The second kappa shape index (κ2) is 7.70. The summed E-state index contributed by atoms with van der Waals surface area (Å²) in [4.78, 5) is 38.4. The van der Waals surface area contributed by atoms with Gasteiger partial charge in [-0.05, 0) is 55.2 Å². The summed E-state index contributed by atoms with van der Waals surface area (Å²) < 4.78 is 5.65. The maximum atomic E-state index is 12.8. The van der Waals surface area contributed by atoms with Crippen LogP contribution in [0.5, 0.6) is 5.75 Å². The fraction of sp³-hybridized carbons (Fsp3) is 0.348. The number of imide groups is 1. The number of carbonyl (C=O) groups is 3. The van der Waals surface area contributed by atoms with Crippen LogP contribution in [0.4, 0.5) is 5.69 Å². The van der Waals surface area contributed by atoms with Crippen LogP contribution in [0.2, 0.25) is 0 Å². The highest BCUT2D eigenvalue weighted by Crippen LogP contribution is 2.29. The average Bonchev–Trinajstić information content (AvgIpc) is 2.99. The molecular formula is C23H24N2O4. The fourth-order valence-corrected chi connectivity index (χ4v) is 3.85. The Hall–Kier alpha value is -3.15. The number of benzene rings is 2. The van der Waals surface area contributed by atoms with Gasteiger partial charge in [0, 0.05) is 17.9 Å². The zero-order chi connectivity index (χ0) is 20.5. The summed E-state index contributed by atoms with van der Waals surface area (Å²) in [5.74, 6) is -0.115. The van der Waals surface area contributed by atoms with E-state index in [9.17, 15) is 14.4 Å². The SMILES string of the molecule is C[C@H](NC(=O)c1cccc(N2C(=O)C[C@H](C)C2=O)c1)c1ccc2c(c1)CCCO2. The number of amides is 3. The van der Waals surface area contributed by atoms with Crippen molar-refractivity contribution in [3.8, 4) is 5.75 Å². The van der Waals surface area contributed by atoms with E-state index in [0.717, 1.165) is 36.3 Å². The van der Waals surface area contributed by atoms with Gasteiger partial charge in [0.25, 0.3) is 5.91 Å². The lowest BCUT2D eigenvalue weighted by molar-refractivity contribution is -0.122. The summed E-state index contributed by atoms with van der Waals surface area (Å²) in [7, 11) is 0. The van der Waals surface area contributed by atoms with Gasteiger partial charge in [0.05, 0.1) is 18.3 Å². The molecule has 2 aliphatic rings. The molecule has 2 aliphatic heterocycles. The van der Waals surface area contributed by atoms with Crippen LogP contribution in [-0.2, 0) is 16.0 Å². The average molecular weight is 392 g/mol. The number of nitrogens with one attached hydrogen (secondary N) is 1. The van der Waals surface area contributed by atoms with E-state index < -0.39 is 0 Å². The Kier molecular flexibility index (Phi) is 5.09. The Morgan fingerprint density at radius 1 is 1.21 bits per heavy atom. The molecule has 1 fully saturated rings. The van der Waals surface area contributed by atoms with Crippen LogP contribution in [-0.4, -0.2) is 24.3 Å². The normalized spacial score (nSPS) is 19.5. The van der Waals surface area contributed by atoms with E-state index in [-0.39, 0.29) is 36.1 Å². The van der Waals surface area contributed by atoms with E-state index in [4.69, 9.17) is 4.74 Å². The van der Waals surface area contributed by atoms with Gasteiger partial charge in [0.2, 0.25) is 11.8 Å². The molecule has 150 valence electrons. The second-order valence-electron chi connectivity index (χ2n) is 7.74. The van der Waals surface area contributed by atoms with Crippen molar-refractivity contribution < 1.29 is 19.1 Å². The summed E-state index contributed by atoms with van der Waals surface area (Å²) >= 11 is 0. The summed E-state index contributed by atoms with van der Waals surface area (Å²) in [5, 5.41) is 3.00. The molecule has 0 saturated carbocycles. The highest BCUT2D eigenvalue weighted by atomic mass is 16.5. The van der Waals surface area contributed by atoms with Crippen molar-refractivity contribution >= 4 is 23.4 Å². The third-order valence-electron chi connectivity index (χ3n) is 5.52. The number of nitrogens with zero attached hydrogens (tertiary/aromatic N) is 1. The molecule has 0 spiro atoms. The minimum Gasteiger partial charge on any atom is -0.493 e. The monoisotopic (exact) mass is 392 g/mol. The Balaban J connectivity index is 1.50. The summed E-state index contributed by atoms with van der Waals surface area (Å²) in [6.45, 7) is 4.42.